The Morgan fingerprint density at radius 2 is 0.728 bits per heavy atom. The molecule has 6 aromatic carbocycles. The van der Waals surface area contributed by atoms with Gasteiger partial charge >= 0.3 is 0 Å². The van der Waals surface area contributed by atoms with Gasteiger partial charge in [-0.1, -0.05) is 167 Å². The van der Waals surface area contributed by atoms with Crippen LogP contribution >= 0.6 is 0 Å². The normalized spacial score (nSPS) is 22.6. The van der Waals surface area contributed by atoms with E-state index in [-0.39, 0.29) is 5.92 Å². The van der Waals surface area contributed by atoms with Crippen molar-refractivity contribution in [3.8, 4) is 67.2 Å². The summed E-state index contributed by atoms with van der Waals surface area (Å²) in [6.45, 7) is 11.2. The van der Waals surface area contributed by atoms with Crippen LogP contribution < -0.4 is 13.7 Å². The van der Waals surface area contributed by atoms with Gasteiger partial charge in [-0.25, -0.2) is 13.7 Å². The highest BCUT2D eigenvalue weighted by molar-refractivity contribution is 5.69. The Bertz CT molecular complexity index is 3700. The molecule has 0 spiro atoms. The van der Waals surface area contributed by atoms with Crippen molar-refractivity contribution >= 4 is 0 Å². The minimum atomic E-state index is -1.21. The molecule has 5 fully saturated rings. The van der Waals surface area contributed by atoms with Gasteiger partial charge in [0.2, 0.25) is 17.1 Å². The van der Waals surface area contributed by atoms with Crippen molar-refractivity contribution in [2.75, 3.05) is 0 Å². The Balaban J connectivity index is 0.000000132. The predicted molar refractivity (Wildman–Crippen MR) is 338 cm³/mol. The first-order valence-electron chi connectivity index (χ1n) is 32.0. The molecule has 2 bridgehead atoms. The minimum absolute atomic E-state index is 0.222. The van der Waals surface area contributed by atoms with Crippen LogP contribution in [0.5, 0.6) is 0 Å². The monoisotopic (exact) mass is 1070 g/mol. The molecule has 9 aromatic rings. The van der Waals surface area contributed by atoms with Gasteiger partial charge in [-0.2, -0.15) is 0 Å². The number of nitrogens with zero attached hydrogens (tertiary/aromatic N) is 3. The number of aryl methyl sites for hydroxylation is 6. The molecular formula is C78H88N3+3. The fraction of sp³-hybridized carbons (Fsp3) is 0.346. The van der Waals surface area contributed by atoms with Crippen LogP contribution in [-0.2, 0) is 27.5 Å². The summed E-state index contributed by atoms with van der Waals surface area (Å²) in [6, 6.07) is 65.0. The lowest BCUT2D eigenvalue weighted by atomic mass is 9.69. The van der Waals surface area contributed by atoms with E-state index in [9.17, 15) is 0 Å². The Hall–Kier alpha value is -7.23. The Morgan fingerprint density at radius 3 is 1.10 bits per heavy atom. The zero-order chi connectivity index (χ0) is 58.7. The van der Waals surface area contributed by atoms with E-state index in [1.807, 2.05) is 12.1 Å². The Labute approximate surface area is 490 Å². The number of rotatable bonds is 10. The standard InChI is InChI=1S/C26H28N.2C26H30N/c1-18-5-3-4-6-24(18)26-14-13-23(17-27(26)2)20-9-7-19(8-10-20)15-25-21-11-12-22(25)16-21;2*1-19-8-10-21(11-9-19)22-12-14-23(15-13-22)24-16-17-26(27(3)18-24)25-7-5-4-6-20(25)2/h3-10,13-14,17,21-22,25H,11-12,15-16H2,1-2H3;2*4-7,12-19,21H,8-11H2,1-3H3/q3*+1/i15D2;21D;. The highest BCUT2D eigenvalue weighted by Crippen LogP contribution is 2.54. The number of hydrogen-bond donors (Lipinski definition) is 0. The molecule has 14 rings (SSSR count). The molecule has 5 aliphatic rings. The second-order valence-electron chi connectivity index (χ2n) is 24.7. The van der Waals surface area contributed by atoms with Crippen molar-refractivity contribution in [2.45, 2.75) is 123 Å². The smallest absolute Gasteiger partial charge is 0.200 e. The lowest BCUT2D eigenvalue weighted by Gasteiger charge is -2.36. The molecule has 0 amide bonds. The van der Waals surface area contributed by atoms with Crippen LogP contribution in [0.15, 0.2) is 201 Å². The Kier molecular flexibility index (Phi) is 16.2. The summed E-state index contributed by atoms with van der Waals surface area (Å²) in [5, 5.41) is 0. The molecule has 3 nitrogen and oxygen atoms in total. The molecule has 5 aliphatic carbocycles. The second kappa shape index (κ2) is 25.3. The minimum Gasteiger partial charge on any atom is -0.200 e. The molecule has 3 heteroatoms. The van der Waals surface area contributed by atoms with Crippen LogP contribution in [0.1, 0.15) is 134 Å². The summed E-state index contributed by atoms with van der Waals surface area (Å²) < 4.78 is 33.0. The van der Waals surface area contributed by atoms with Crippen molar-refractivity contribution in [3.05, 3.63) is 234 Å². The molecule has 0 radical (unpaired) electrons. The molecule has 3 heterocycles. The molecule has 2 unspecified atom stereocenters. The van der Waals surface area contributed by atoms with E-state index in [1.165, 1.54) is 142 Å². The van der Waals surface area contributed by atoms with Crippen LogP contribution in [0.3, 0.4) is 0 Å². The maximum atomic E-state index is 8.90. The molecule has 3 aromatic heterocycles. The van der Waals surface area contributed by atoms with Gasteiger partial charge in [0.1, 0.15) is 21.1 Å². The predicted octanol–water partition coefficient (Wildman–Crippen LogP) is 18.6. The topological polar surface area (TPSA) is 11.6 Å². The second-order valence-corrected chi connectivity index (χ2v) is 24.7. The van der Waals surface area contributed by atoms with E-state index in [4.69, 9.17) is 4.11 Å². The van der Waals surface area contributed by atoms with Crippen molar-refractivity contribution < 1.29 is 17.8 Å². The highest BCUT2D eigenvalue weighted by atomic mass is 14.9. The number of fused-ring (bicyclic) bond motifs is 1. The molecule has 0 saturated heterocycles. The highest BCUT2D eigenvalue weighted by Gasteiger charge is 2.46. The SMILES string of the molecule is Cc1ccccc1-c1ccc(-c2ccc(C3CCC(C)CC3)cc2)c[n+]1C.[2H]C([2H])(c1ccc(-c2ccc(-c3ccccc3C)[n+](C)c2)cc1)C1C2CCC1C2.[2H]C1(c2ccc(-c3ccc(-c4ccccc4C)[n+](C)c3)cc2)CCC(C)CC1. The quantitative estimate of drug-likeness (QED) is 0.121. The average molecular weight is 1070 g/mol. The molecular weight excluding hydrogens is 979 g/mol. The van der Waals surface area contributed by atoms with Crippen molar-refractivity contribution in [3.63, 3.8) is 0 Å². The molecule has 412 valence electrons. The molecule has 2 atom stereocenters. The van der Waals surface area contributed by atoms with Gasteiger partial charge < -0.3 is 0 Å². The molecule has 0 aliphatic heterocycles. The summed E-state index contributed by atoms with van der Waals surface area (Å²) in [6.07, 6.45) is 18.8. The van der Waals surface area contributed by atoms with E-state index >= 15 is 0 Å². The lowest BCUT2D eigenvalue weighted by Crippen LogP contribution is -2.30. The first-order valence-corrected chi connectivity index (χ1v) is 30.5. The van der Waals surface area contributed by atoms with E-state index < -0.39 is 12.3 Å². The van der Waals surface area contributed by atoms with Gasteiger partial charge in [-0.05, 0) is 200 Å². The number of pyridine rings is 3. The largest absolute Gasteiger partial charge is 0.212 e. The van der Waals surface area contributed by atoms with E-state index in [2.05, 4.69) is 258 Å². The third-order valence-corrected chi connectivity index (χ3v) is 19.0. The summed E-state index contributed by atoms with van der Waals surface area (Å²) in [4.78, 5) is 0. The molecule has 81 heavy (non-hydrogen) atoms. The van der Waals surface area contributed by atoms with E-state index in [1.54, 1.807) is 0 Å². The van der Waals surface area contributed by atoms with Crippen molar-refractivity contribution in [1.82, 2.24) is 0 Å². The maximum Gasteiger partial charge on any atom is 0.212 e. The van der Waals surface area contributed by atoms with Crippen molar-refractivity contribution in [1.29, 1.82) is 0 Å². The summed E-state index contributed by atoms with van der Waals surface area (Å²) in [7, 11) is 6.34. The van der Waals surface area contributed by atoms with Crippen LogP contribution in [0.4, 0.5) is 0 Å². The molecule has 0 N–H and O–H groups in total. The first-order chi connectivity index (χ1) is 40.5. The number of benzene rings is 6. The fourth-order valence-electron chi connectivity index (χ4n) is 13.7. The van der Waals surface area contributed by atoms with Crippen LogP contribution in [-0.4, -0.2) is 0 Å². The van der Waals surface area contributed by atoms with Crippen molar-refractivity contribution in [2.24, 2.45) is 50.7 Å². The Morgan fingerprint density at radius 1 is 0.383 bits per heavy atom. The van der Waals surface area contributed by atoms with Gasteiger partial charge in [0.25, 0.3) is 0 Å². The lowest BCUT2D eigenvalue weighted by molar-refractivity contribution is -0.660. The number of aromatic nitrogens is 3. The maximum absolute atomic E-state index is 8.90. The van der Waals surface area contributed by atoms with E-state index in [0.717, 1.165) is 47.3 Å². The van der Waals surface area contributed by atoms with Crippen LogP contribution in [0.2, 0.25) is 0 Å². The van der Waals surface area contributed by atoms with Gasteiger partial charge in [0.05, 0.1) is 0 Å². The zero-order valence-electron chi connectivity index (χ0n) is 52.6. The molecule has 5 saturated carbocycles. The van der Waals surface area contributed by atoms with Gasteiger partial charge in [0, 0.05) is 55.7 Å². The summed E-state index contributed by atoms with van der Waals surface area (Å²) in [5.74, 6) is 3.46. The summed E-state index contributed by atoms with van der Waals surface area (Å²) >= 11 is 0. The van der Waals surface area contributed by atoms with Gasteiger partial charge in [0.15, 0.2) is 18.6 Å². The third kappa shape index (κ3) is 12.9. The fourth-order valence-corrected chi connectivity index (χ4v) is 13.7. The van der Waals surface area contributed by atoms with E-state index in [0.29, 0.717) is 11.8 Å². The van der Waals surface area contributed by atoms with Crippen LogP contribution in [0, 0.1) is 50.4 Å². The van der Waals surface area contributed by atoms with Gasteiger partial charge in [-0.15, -0.1) is 0 Å². The zero-order valence-corrected chi connectivity index (χ0v) is 49.6. The third-order valence-electron chi connectivity index (χ3n) is 19.0. The van der Waals surface area contributed by atoms with Gasteiger partial charge in [-0.3, -0.25) is 0 Å². The summed E-state index contributed by atoms with van der Waals surface area (Å²) in [5.41, 5.74) is 22.2. The number of hydrogen-bond acceptors (Lipinski definition) is 0. The first kappa shape index (κ1) is 51.9. The van der Waals surface area contributed by atoms with Crippen LogP contribution in [0.25, 0.3) is 67.2 Å². The average Bonchev–Trinajstić information content (AvgIpc) is 2.34.